The highest BCUT2D eigenvalue weighted by molar-refractivity contribution is 8.00. The normalized spacial score (nSPS) is 15.2. The number of aliphatic hydroxyl groups is 1. The summed E-state index contributed by atoms with van der Waals surface area (Å²) in [4.78, 5) is 15.6. The number of nitrogens with zero attached hydrogens (tertiary/aromatic N) is 1. The van der Waals surface area contributed by atoms with Crippen molar-refractivity contribution in [3.05, 3.63) is 59.7 Å². The van der Waals surface area contributed by atoms with Gasteiger partial charge in [0.1, 0.15) is 12.4 Å². The molecule has 2 aromatic carbocycles. The Morgan fingerprint density at radius 2 is 2.00 bits per heavy atom. The third-order valence-electron chi connectivity index (χ3n) is 4.50. The summed E-state index contributed by atoms with van der Waals surface area (Å²) in [6, 6.07) is 15.7. The molecule has 1 heterocycles. The van der Waals surface area contributed by atoms with Gasteiger partial charge in [0.15, 0.2) is 0 Å². The van der Waals surface area contributed by atoms with E-state index in [9.17, 15) is 9.90 Å². The third-order valence-corrected chi connectivity index (χ3v) is 5.49. The summed E-state index contributed by atoms with van der Waals surface area (Å²) in [5.74, 6) is 1.45. The standard InChI is InChI=1S/C21H25NO3S/c1-15(2)21(24)16-8-9-19-17(12-16)13-22(10-11-25-19)20(23)14-26-18-6-4-3-5-7-18/h3-9,12,15,21,24H,10-11,13-14H2,1-2H3. The molecular formula is C21H25NO3S. The Balaban J connectivity index is 1.69. The van der Waals surface area contributed by atoms with Crippen molar-refractivity contribution in [1.82, 2.24) is 4.90 Å². The van der Waals surface area contributed by atoms with E-state index < -0.39 is 6.10 Å². The van der Waals surface area contributed by atoms with Crippen LogP contribution in [0.3, 0.4) is 0 Å². The zero-order chi connectivity index (χ0) is 18.5. The van der Waals surface area contributed by atoms with Gasteiger partial charge in [-0.05, 0) is 35.7 Å². The SMILES string of the molecule is CC(C)C(O)c1ccc2c(c1)CN(C(=O)CSc1ccccc1)CCO2. The van der Waals surface area contributed by atoms with Crippen LogP contribution >= 0.6 is 11.8 Å². The van der Waals surface area contributed by atoms with Crippen molar-refractivity contribution in [2.75, 3.05) is 18.9 Å². The first-order chi connectivity index (χ1) is 12.5. The van der Waals surface area contributed by atoms with Gasteiger partial charge in [0, 0.05) is 17.0 Å². The van der Waals surface area contributed by atoms with Crippen LogP contribution in [-0.2, 0) is 11.3 Å². The number of rotatable bonds is 5. The molecule has 138 valence electrons. The summed E-state index contributed by atoms with van der Waals surface area (Å²) in [6.45, 7) is 5.56. The minimum Gasteiger partial charge on any atom is -0.491 e. The van der Waals surface area contributed by atoms with Crippen LogP contribution in [0.1, 0.15) is 31.1 Å². The minimum absolute atomic E-state index is 0.102. The summed E-state index contributed by atoms with van der Waals surface area (Å²) in [6.07, 6.45) is -0.513. The summed E-state index contributed by atoms with van der Waals surface area (Å²) >= 11 is 1.55. The Labute approximate surface area is 159 Å². The highest BCUT2D eigenvalue weighted by atomic mass is 32.2. The molecule has 2 aromatic rings. The number of aliphatic hydroxyl groups excluding tert-OH is 1. The van der Waals surface area contributed by atoms with E-state index in [-0.39, 0.29) is 11.8 Å². The average Bonchev–Trinajstić information content (AvgIpc) is 2.88. The Hall–Kier alpha value is -1.98. The second-order valence-electron chi connectivity index (χ2n) is 6.82. The molecule has 5 heteroatoms. The summed E-state index contributed by atoms with van der Waals surface area (Å²) in [7, 11) is 0. The van der Waals surface area contributed by atoms with Crippen LogP contribution in [0.25, 0.3) is 0 Å². The monoisotopic (exact) mass is 371 g/mol. The van der Waals surface area contributed by atoms with E-state index >= 15 is 0 Å². The van der Waals surface area contributed by atoms with Crippen LogP contribution in [0.4, 0.5) is 0 Å². The fraction of sp³-hybridized carbons (Fsp3) is 0.381. The number of carbonyl (C=O) groups is 1. The van der Waals surface area contributed by atoms with Crippen molar-refractivity contribution in [1.29, 1.82) is 0 Å². The molecule has 26 heavy (non-hydrogen) atoms. The summed E-state index contributed by atoms with van der Waals surface area (Å²) < 4.78 is 5.80. The van der Waals surface area contributed by atoms with Crippen LogP contribution < -0.4 is 4.74 Å². The van der Waals surface area contributed by atoms with E-state index in [1.54, 1.807) is 11.8 Å². The van der Waals surface area contributed by atoms with E-state index in [4.69, 9.17) is 4.74 Å². The molecule has 0 bridgehead atoms. The van der Waals surface area contributed by atoms with Gasteiger partial charge in [-0.15, -0.1) is 11.8 Å². The van der Waals surface area contributed by atoms with Gasteiger partial charge in [-0.1, -0.05) is 38.1 Å². The number of hydrogen-bond acceptors (Lipinski definition) is 4. The van der Waals surface area contributed by atoms with E-state index in [2.05, 4.69) is 0 Å². The summed E-state index contributed by atoms with van der Waals surface area (Å²) in [5.41, 5.74) is 1.83. The molecule has 0 fully saturated rings. The molecule has 0 spiro atoms. The van der Waals surface area contributed by atoms with Gasteiger partial charge in [-0.2, -0.15) is 0 Å². The molecule has 4 nitrogen and oxygen atoms in total. The molecule has 1 unspecified atom stereocenters. The van der Waals surface area contributed by atoms with Crippen LogP contribution in [0.5, 0.6) is 5.75 Å². The molecule has 0 saturated carbocycles. The van der Waals surface area contributed by atoms with Crippen molar-refractivity contribution in [2.45, 2.75) is 31.4 Å². The highest BCUT2D eigenvalue weighted by Gasteiger charge is 2.22. The Bertz CT molecular complexity index is 748. The van der Waals surface area contributed by atoms with Gasteiger partial charge >= 0.3 is 0 Å². The Kier molecular flexibility index (Phi) is 6.22. The second-order valence-corrected chi connectivity index (χ2v) is 7.87. The predicted octanol–water partition coefficient (Wildman–Crippen LogP) is 3.89. The maximum Gasteiger partial charge on any atom is 0.233 e. The molecule has 1 amide bonds. The van der Waals surface area contributed by atoms with Gasteiger partial charge < -0.3 is 14.7 Å². The van der Waals surface area contributed by atoms with Gasteiger partial charge in [-0.3, -0.25) is 4.79 Å². The molecule has 0 saturated heterocycles. The lowest BCUT2D eigenvalue weighted by Crippen LogP contribution is -2.33. The van der Waals surface area contributed by atoms with Crippen LogP contribution in [0, 0.1) is 5.92 Å². The number of benzene rings is 2. The van der Waals surface area contributed by atoms with Gasteiger partial charge in [0.05, 0.1) is 18.4 Å². The molecule has 1 atom stereocenters. The highest BCUT2D eigenvalue weighted by Crippen LogP contribution is 2.30. The lowest BCUT2D eigenvalue weighted by molar-refractivity contribution is -0.129. The van der Waals surface area contributed by atoms with Crippen molar-refractivity contribution in [3.63, 3.8) is 0 Å². The minimum atomic E-state index is -0.513. The molecule has 0 aromatic heterocycles. The molecule has 1 N–H and O–H groups in total. The molecule has 3 rings (SSSR count). The van der Waals surface area contributed by atoms with Crippen LogP contribution in [0.2, 0.25) is 0 Å². The zero-order valence-corrected chi connectivity index (χ0v) is 16.0. The first kappa shape index (κ1) is 18.8. The number of fused-ring (bicyclic) bond motifs is 1. The number of thioether (sulfide) groups is 1. The van der Waals surface area contributed by atoms with Gasteiger partial charge in [-0.25, -0.2) is 0 Å². The van der Waals surface area contributed by atoms with E-state index in [0.29, 0.717) is 25.4 Å². The van der Waals surface area contributed by atoms with Crippen molar-refractivity contribution in [3.8, 4) is 5.75 Å². The Morgan fingerprint density at radius 3 is 2.73 bits per heavy atom. The zero-order valence-electron chi connectivity index (χ0n) is 15.2. The smallest absolute Gasteiger partial charge is 0.233 e. The third kappa shape index (κ3) is 4.59. The average molecular weight is 372 g/mol. The molecular weight excluding hydrogens is 346 g/mol. The summed E-state index contributed by atoms with van der Waals surface area (Å²) in [5, 5.41) is 10.3. The maximum absolute atomic E-state index is 12.7. The lowest BCUT2D eigenvalue weighted by Gasteiger charge is -2.21. The van der Waals surface area contributed by atoms with Gasteiger partial charge in [0.25, 0.3) is 0 Å². The quantitative estimate of drug-likeness (QED) is 0.810. The van der Waals surface area contributed by atoms with E-state index in [0.717, 1.165) is 21.8 Å². The van der Waals surface area contributed by atoms with Crippen LogP contribution in [-0.4, -0.2) is 34.8 Å². The molecule has 1 aliphatic rings. The number of amides is 1. The largest absolute Gasteiger partial charge is 0.491 e. The number of carbonyl (C=O) groups excluding carboxylic acids is 1. The number of hydrogen-bond donors (Lipinski definition) is 1. The lowest BCUT2D eigenvalue weighted by atomic mass is 9.97. The van der Waals surface area contributed by atoms with Crippen molar-refractivity contribution < 1.29 is 14.6 Å². The fourth-order valence-corrected chi connectivity index (χ4v) is 3.77. The predicted molar refractivity (Wildman–Crippen MR) is 104 cm³/mol. The Morgan fingerprint density at radius 1 is 1.23 bits per heavy atom. The first-order valence-corrected chi connectivity index (χ1v) is 9.92. The van der Waals surface area contributed by atoms with Crippen LogP contribution in [0.15, 0.2) is 53.4 Å². The second kappa shape index (κ2) is 8.60. The first-order valence-electron chi connectivity index (χ1n) is 8.94. The van der Waals surface area contributed by atoms with Crippen molar-refractivity contribution >= 4 is 17.7 Å². The molecule has 0 radical (unpaired) electrons. The number of ether oxygens (including phenoxy) is 1. The maximum atomic E-state index is 12.7. The topological polar surface area (TPSA) is 49.8 Å². The van der Waals surface area contributed by atoms with E-state index in [1.165, 1.54) is 0 Å². The molecule has 0 aliphatic carbocycles. The van der Waals surface area contributed by atoms with E-state index in [1.807, 2.05) is 67.3 Å². The molecule has 1 aliphatic heterocycles. The van der Waals surface area contributed by atoms with Gasteiger partial charge in [0.2, 0.25) is 5.91 Å². The fourth-order valence-electron chi connectivity index (χ4n) is 2.95. The van der Waals surface area contributed by atoms with Crippen molar-refractivity contribution in [2.24, 2.45) is 5.92 Å².